The van der Waals surface area contributed by atoms with Crippen molar-refractivity contribution in [3.05, 3.63) is 57.3 Å². The summed E-state index contributed by atoms with van der Waals surface area (Å²) in [6, 6.07) is 9.53. The van der Waals surface area contributed by atoms with Crippen molar-refractivity contribution in [1.29, 1.82) is 0 Å². The van der Waals surface area contributed by atoms with Crippen LogP contribution in [-0.4, -0.2) is 19.8 Å². The van der Waals surface area contributed by atoms with Gasteiger partial charge in [-0.05, 0) is 10.5 Å². The minimum atomic E-state index is -0.521. The van der Waals surface area contributed by atoms with E-state index in [1.807, 2.05) is 30.3 Å². The lowest BCUT2D eigenvalue weighted by Crippen LogP contribution is -2.00. The second kappa shape index (κ2) is 4.97. The number of hydrogen-bond acceptors (Lipinski definition) is 4. The zero-order valence-electron chi connectivity index (χ0n) is 9.91. The fraction of sp³-hybridized carbons (Fsp3) is 0.250. The molecule has 1 heterocycles. The van der Waals surface area contributed by atoms with E-state index in [0.29, 0.717) is 12.1 Å². The fourth-order valence-electron chi connectivity index (χ4n) is 1.93. The van der Waals surface area contributed by atoms with Crippen LogP contribution in [0.5, 0.6) is 0 Å². The number of benzene rings is 1. The number of aromatic nitrogens is 2. The van der Waals surface area contributed by atoms with E-state index in [4.69, 9.17) is 0 Å². The first-order valence-corrected chi connectivity index (χ1v) is 5.47. The van der Waals surface area contributed by atoms with Gasteiger partial charge in [0, 0.05) is 6.42 Å². The molecule has 0 atom stereocenters. The first-order chi connectivity index (χ1) is 8.63. The molecule has 18 heavy (non-hydrogen) atoms. The average molecular weight is 247 g/mol. The summed E-state index contributed by atoms with van der Waals surface area (Å²) in [4.78, 5) is 10.4. The van der Waals surface area contributed by atoms with E-state index in [-0.39, 0.29) is 18.0 Å². The van der Waals surface area contributed by atoms with Crippen molar-refractivity contribution in [2.45, 2.75) is 13.0 Å². The zero-order chi connectivity index (χ0) is 13.1. The summed E-state index contributed by atoms with van der Waals surface area (Å²) in [5.74, 6) is -0.150. The largest absolute Gasteiger partial charge is 0.391 e. The van der Waals surface area contributed by atoms with E-state index in [9.17, 15) is 15.2 Å². The molecule has 0 unspecified atom stereocenters. The molecule has 1 aromatic heterocycles. The molecule has 1 aromatic carbocycles. The number of hydrogen-bond donors (Lipinski definition) is 1. The van der Waals surface area contributed by atoms with E-state index in [1.54, 1.807) is 0 Å². The summed E-state index contributed by atoms with van der Waals surface area (Å²) in [5, 5.41) is 24.3. The van der Waals surface area contributed by atoms with Crippen molar-refractivity contribution in [2.24, 2.45) is 7.05 Å². The van der Waals surface area contributed by atoms with Gasteiger partial charge < -0.3 is 15.2 Å². The van der Waals surface area contributed by atoms with Crippen LogP contribution in [-0.2, 0) is 20.1 Å². The van der Waals surface area contributed by atoms with Gasteiger partial charge in [0.1, 0.15) is 12.7 Å². The number of nitro groups is 1. The Labute approximate surface area is 104 Å². The van der Waals surface area contributed by atoms with Crippen LogP contribution < -0.4 is 0 Å². The predicted molar refractivity (Wildman–Crippen MR) is 65.0 cm³/mol. The lowest BCUT2D eigenvalue weighted by atomic mass is 10.1. The Hall–Kier alpha value is -2.21. The van der Waals surface area contributed by atoms with Crippen molar-refractivity contribution in [2.75, 3.05) is 0 Å². The third kappa shape index (κ3) is 2.23. The molecule has 94 valence electrons. The smallest absolute Gasteiger partial charge is 0.350 e. The molecule has 0 aliphatic carbocycles. The lowest BCUT2D eigenvalue weighted by Gasteiger charge is -1.99. The summed E-state index contributed by atoms with van der Waals surface area (Å²) in [7, 11) is 1.51. The van der Waals surface area contributed by atoms with E-state index < -0.39 is 4.92 Å². The highest BCUT2D eigenvalue weighted by atomic mass is 16.6. The van der Waals surface area contributed by atoms with Crippen LogP contribution in [0.4, 0.5) is 5.82 Å². The number of aliphatic hydroxyl groups is 1. The van der Waals surface area contributed by atoms with Crippen LogP contribution in [0.15, 0.2) is 30.3 Å². The summed E-state index contributed by atoms with van der Waals surface area (Å²) >= 11 is 0. The Kier molecular flexibility index (Phi) is 3.38. The molecule has 0 amide bonds. The van der Waals surface area contributed by atoms with Gasteiger partial charge in [-0.3, -0.25) is 0 Å². The fourth-order valence-corrected chi connectivity index (χ4v) is 1.93. The highest BCUT2D eigenvalue weighted by molar-refractivity contribution is 5.39. The molecule has 0 aliphatic heterocycles. The normalized spacial score (nSPS) is 10.6. The molecule has 0 radical (unpaired) electrons. The van der Waals surface area contributed by atoms with E-state index in [1.165, 1.54) is 11.7 Å². The monoisotopic (exact) mass is 247 g/mol. The Morgan fingerprint density at radius 3 is 2.61 bits per heavy atom. The minimum absolute atomic E-state index is 0.150. The maximum Gasteiger partial charge on any atom is 0.350 e. The van der Waals surface area contributed by atoms with Gasteiger partial charge in [0.2, 0.25) is 0 Å². The van der Waals surface area contributed by atoms with Gasteiger partial charge in [-0.25, -0.2) is 0 Å². The van der Waals surface area contributed by atoms with Crippen molar-refractivity contribution in [3.63, 3.8) is 0 Å². The summed E-state index contributed by atoms with van der Waals surface area (Å²) in [6.45, 7) is -0.383. The zero-order valence-corrected chi connectivity index (χ0v) is 9.91. The third-order valence-electron chi connectivity index (χ3n) is 2.74. The highest BCUT2D eigenvalue weighted by Gasteiger charge is 2.24. The van der Waals surface area contributed by atoms with Crippen LogP contribution in [0.25, 0.3) is 0 Å². The maximum absolute atomic E-state index is 10.9. The van der Waals surface area contributed by atoms with Crippen molar-refractivity contribution in [3.8, 4) is 0 Å². The topological polar surface area (TPSA) is 81.2 Å². The molecule has 0 bridgehead atoms. The number of nitrogens with zero attached hydrogens (tertiary/aromatic N) is 3. The quantitative estimate of drug-likeness (QED) is 0.654. The van der Waals surface area contributed by atoms with Crippen LogP contribution in [0, 0.1) is 10.1 Å². The number of aryl methyl sites for hydroxylation is 1. The van der Waals surface area contributed by atoms with Gasteiger partial charge in [0.15, 0.2) is 0 Å². The van der Waals surface area contributed by atoms with Crippen molar-refractivity contribution < 1.29 is 10.0 Å². The second-order valence-electron chi connectivity index (χ2n) is 3.95. The van der Waals surface area contributed by atoms with Gasteiger partial charge in [0.05, 0.1) is 12.2 Å². The minimum Gasteiger partial charge on any atom is -0.391 e. The molecule has 6 heteroatoms. The molecule has 2 rings (SSSR count). The number of rotatable bonds is 4. The molecule has 0 spiro atoms. The average Bonchev–Trinajstić information content (AvgIpc) is 2.66. The van der Waals surface area contributed by atoms with Crippen molar-refractivity contribution >= 4 is 5.82 Å². The van der Waals surface area contributed by atoms with E-state index >= 15 is 0 Å². The van der Waals surface area contributed by atoms with Gasteiger partial charge in [-0.1, -0.05) is 35.4 Å². The van der Waals surface area contributed by atoms with E-state index in [2.05, 4.69) is 5.10 Å². The standard InChI is InChI=1S/C12H13N3O3/c1-14-12(15(17)18)10(8-16)11(13-14)7-9-5-3-2-4-6-9/h2-6,16H,7-8H2,1H3. The molecule has 0 aliphatic rings. The van der Waals surface area contributed by atoms with Gasteiger partial charge in [-0.2, -0.15) is 0 Å². The highest BCUT2D eigenvalue weighted by Crippen LogP contribution is 2.23. The third-order valence-corrected chi connectivity index (χ3v) is 2.74. The molecule has 2 aromatic rings. The van der Waals surface area contributed by atoms with Crippen molar-refractivity contribution in [1.82, 2.24) is 9.78 Å². The SMILES string of the molecule is Cn1nc(Cc2ccccc2)c(CO)c1[N+](=O)[O-]. The summed E-state index contributed by atoms with van der Waals surface area (Å²) in [5.41, 5.74) is 1.82. The molecule has 6 nitrogen and oxygen atoms in total. The van der Waals surface area contributed by atoms with E-state index in [0.717, 1.165) is 5.56 Å². The second-order valence-corrected chi connectivity index (χ2v) is 3.95. The molecule has 1 N–H and O–H groups in total. The van der Waals surface area contributed by atoms with Gasteiger partial charge in [0.25, 0.3) is 0 Å². The summed E-state index contributed by atoms with van der Waals surface area (Å²) in [6.07, 6.45) is 0.471. The predicted octanol–water partition coefficient (Wildman–Crippen LogP) is 1.41. The Morgan fingerprint density at radius 1 is 1.39 bits per heavy atom. The Bertz CT molecular complexity index is 563. The van der Waals surface area contributed by atoms with Crippen LogP contribution in [0.1, 0.15) is 16.8 Å². The molecule has 0 saturated carbocycles. The first kappa shape index (κ1) is 12.3. The Morgan fingerprint density at radius 2 is 2.06 bits per heavy atom. The van der Waals surface area contributed by atoms with Crippen LogP contribution in [0.3, 0.4) is 0 Å². The van der Waals surface area contributed by atoms with Gasteiger partial charge in [-0.15, -0.1) is 4.68 Å². The number of aliphatic hydroxyl groups excluding tert-OH is 1. The summed E-state index contributed by atoms with van der Waals surface area (Å²) < 4.78 is 1.20. The van der Waals surface area contributed by atoms with Gasteiger partial charge >= 0.3 is 5.82 Å². The molecular weight excluding hydrogens is 234 g/mol. The molecular formula is C12H13N3O3. The molecule has 0 saturated heterocycles. The first-order valence-electron chi connectivity index (χ1n) is 5.47. The maximum atomic E-state index is 10.9. The van der Waals surface area contributed by atoms with Crippen LogP contribution >= 0.6 is 0 Å². The Balaban J connectivity index is 2.40. The van der Waals surface area contributed by atoms with Crippen LogP contribution in [0.2, 0.25) is 0 Å². The molecule has 0 fully saturated rings. The lowest BCUT2D eigenvalue weighted by molar-refractivity contribution is -0.393.